The number of hydrogen-bond donors (Lipinski definition) is 0. The minimum absolute atomic E-state index is 0.00608. The van der Waals surface area contributed by atoms with Gasteiger partial charge in [0.15, 0.2) is 0 Å². The molecule has 0 fully saturated rings. The average molecular weight is 270 g/mol. The van der Waals surface area contributed by atoms with Gasteiger partial charge >= 0.3 is 0 Å². The number of ether oxygens (including phenoxy) is 1. The van der Waals surface area contributed by atoms with Crippen molar-refractivity contribution in [1.29, 1.82) is 0 Å². The van der Waals surface area contributed by atoms with Crippen molar-refractivity contribution < 1.29 is 9.53 Å². The quantitative estimate of drug-likeness (QED) is 0.742. The molecular formula is C14H20ClNO2. The molecule has 0 saturated heterocycles. The second kappa shape index (κ2) is 7.39. The molecule has 1 aromatic rings. The summed E-state index contributed by atoms with van der Waals surface area (Å²) < 4.78 is 5.37. The Morgan fingerprint density at radius 2 is 2.17 bits per heavy atom. The molecule has 0 aliphatic carbocycles. The standard InChI is InChI=1S/C14H20ClNO2/c1-4-18-10-12-6-5-7-13(8-12)16(11(2)3)14(17)9-15/h5-8,11H,4,9-10H2,1-3H3. The first kappa shape index (κ1) is 15.0. The van der Waals surface area contributed by atoms with Crippen molar-refractivity contribution >= 4 is 23.2 Å². The predicted octanol–water partition coefficient (Wildman–Crippen LogP) is 3.20. The Kier molecular flexibility index (Phi) is 6.16. The molecule has 18 heavy (non-hydrogen) atoms. The fraction of sp³-hybridized carbons (Fsp3) is 0.500. The molecule has 0 atom stereocenters. The van der Waals surface area contributed by atoms with Crippen LogP contribution in [0.3, 0.4) is 0 Å². The van der Waals surface area contributed by atoms with Crippen molar-refractivity contribution in [2.75, 3.05) is 17.4 Å². The van der Waals surface area contributed by atoms with Gasteiger partial charge in [-0.25, -0.2) is 0 Å². The first-order chi connectivity index (χ1) is 8.60. The van der Waals surface area contributed by atoms with E-state index >= 15 is 0 Å². The largest absolute Gasteiger partial charge is 0.377 e. The van der Waals surface area contributed by atoms with Gasteiger partial charge in [0.05, 0.1) is 6.61 Å². The fourth-order valence-corrected chi connectivity index (χ4v) is 1.94. The summed E-state index contributed by atoms with van der Waals surface area (Å²) in [6.45, 7) is 7.14. The third-order valence-electron chi connectivity index (χ3n) is 2.56. The van der Waals surface area contributed by atoms with E-state index < -0.39 is 0 Å². The maximum atomic E-state index is 11.8. The van der Waals surface area contributed by atoms with Crippen molar-refractivity contribution in [3.8, 4) is 0 Å². The lowest BCUT2D eigenvalue weighted by Crippen LogP contribution is -2.37. The van der Waals surface area contributed by atoms with Crippen LogP contribution in [-0.4, -0.2) is 24.4 Å². The highest BCUT2D eigenvalue weighted by Gasteiger charge is 2.18. The molecule has 0 bridgehead atoms. The minimum Gasteiger partial charge on any atom is -0.377 e. The first-order valence-corrected chi connectivity index (χ1v) is 6.68. The number of halogens is 1. The van der Waals surface area contributed by atoms with Gasteiger partial charge in [-0.05, 0) is 38.5 Å². The summed E-state index contributed by atoms with van der Waals surface area (Å²) in [5.41, 5.74) is 1.93. The summed E-state index contributed by atoms with van der Waals surface area (Å²) in [6, 6.07) is 7.89. The highest BCUT2D eigenvalue weighted by molar-refractivity contribution is 6.29. The van der Waals surface area contributed by atoms with Crippen LogP contribution in [0.4, 0.5) is 5.69 Å². The molecule has 0 aliphatic rings. The summed E-state index contributed by atoms with van der Waals surface area (Å²) in [7, 11) is 0. The monoisotopic (exact) mass is 269 g/mol. The van der Waals surface area contributed by atoms with Gasteiger partial charge < -0.3 is 9.64 Å². The van der Waals surface area contributed by atoms with E-state index in [1.165, 1.54) is 0 Å². The van der Waals surface area contributed by atoms with Crippen molar-refractivity contribution in [2.24, 2.45) is 0 Å². The van der Waals surface area contributed by atoms with Crippen LogP contribution in [0.2, 0.25) is 0 Å². The van der Waals surface area contributed by atoms with Gasteiger partial charge in [-0.3, -0.25) is 4.79 Å². The normalized spacial score (nSPS) is 10.7. The molecule has 0 spiro atoms. The van der Waals surface area contributed by atoms with Crippen molar-refractivity contribution in [1.82, 2.24) is 0 Å². The van der Waals surface area contributed by atoms with Crippen LogP contribution in [0.25, 0.3) is 0 Å². The van der Waals surface area contributed by atoms with E-state index in [1.807, 2.05) is 45.0 Å². The zero-order valence-corrected chi connectivity index (χ0v) is 11.9. The molecule has 1 amide bonds. The molecule has 0 aliphatic heterocycles. The van der Waals surface area contributed by atoms with Gasteiger partial charge in [0, 0.05) is 18.3 Å². The molecular weight excluding hydrogens is 250 g/mol. The van der Waals surface area contributed by atoms with Crippen LogP contribution in [0.5, 0.6) is 0 Å². The van der Waals surface area contributed by atoms with E-state index in [2.05, 4.69) is 0 Å². The maximum Gasteiger partial charge on any atom is 0.242 e. The van der Waals surface area contributed by atoms with Crippen LogP contribution in [0.1, 0.15) is 26.3 Å². The summed E-state index contributed by atoms with van der Waals surface area (Å²) in [5.74, 6) is -0.0892. The first-order valence-electron chi connectivity index (χ1n) is 6.14. The van der Waals surface area contributed by atoms with Crippen LogP contribution in [0.15, 0.2) is 24.3 Å². The van der Waals surface area contributed by atoms with Crippen molar-refractivity contribution in [3.63, 3.8) is 0 Å². The zero-order valence-electron chi connectivity index (χ0n) is 11.1. The Bertz CT molecular complexity index is 393. The molecule has 3 nitrogen and oxygen atoms in total. The highest BCUT2D eigenvalue weighted by Crippen LogP contribution is 2.20. The number of carbonyl (C=O) groups excluding carboxylic acids is 1. The summed E-state index contributed by atoms with van der Waals surface area (Å²) in [6.07, 6.45) is 0. The Morgan fingerprint density at radius 1 is 1.44 bits per heavy atom. The number of alkyl halides is 1. The van der Waals surface area contributed by atoms with E-state index in [9.17, 15) is 4.79 Å². The molecule has 0 saturated carbocycles. The SMILES string of the molecule is CCOCc1cccc(N(C(=O)CCl)C(C)C)c1. The average Bonchev–Trinajstić information content (AvgIpc) is 2.36. The number of rotatable bonds is 6. The minimum atomic E-state index is -0.0831. The molecule has 1 rings (SSSR count). The summed E-state index contributed by atoms with van der Waals surface area (Å²) >= 11 is 5.65. The van der Waals surface area contributed by atoms with Crippen molar-refractivity contribution in [3.05, 3.63) is 29.8 Å². The lowest BCUT2D eigenvalue weighted by atomic mass is 10.1. The van der Waals surface area contributed by atoms with Crippen LogP contribution in [0, 0.1) is 0 Å². The van der Waals surface area contributed by atoms with Gasteiger partial charge in [0.25, 0.3) is 0 Å². The van der Waals surface area contributed by atoms with Gasteiger partial charge in [0.1, 0.15) is 5.88 Å². The van der Waals surface area contributed by atoms with Crippen LogP contribution in [-0.2, 0) is 16.1 Å². The summed E-state index contributed by atoms with van der Waals surface area (Å²) in [5, 5.41) is 0. The van der Waals surface area contributed by atoms with Crippen molar-refractivity contribution in [2.45, 2.75) is 33.4 Å². The molecule has 4 heteroatoms. The zero-order chi connectivity index (χ0) is 13.5. The lowest BCUT2D eigenvalue weighted by Gasteiger charge is -2.26. The Balaban J connectivity index is 2.94. The van der Waals surface area contributed by atoms with E-state index in [-0.39, 0.29) is 17.8 Å². The molecule has 0 unspecified atom stereocenters. The van der Waals surface area contributed by atoms with Gasteiger partial charge in [0.2, 0.25) is 5.91 Å². The van der Waals surface area contributed by atoms with Gasteiger partial charge in [-0.2, -0.15) is 0 Å². The molecule has 100 valence electrons. The third-order valence-corrected chi connectivity index (χ3v) is 2.79. The number of benzene rings is 1. The van der Waals surface area contributed by atoms with Crippen LogP contribution >= 0.6 is 11.6 Å². The third kappa shape index (κ3) is 4.00. The van der Waals surface area contributed by atoms with E-state index in [0.29, 0.717) is 13.2 Å². The predicted molar refractivity (Wildman–Crippen MR) is 75.1 cm³/mol. The Hall–Kier alpha value is -1.06. The molecule has 0 aromatic heterocycles. The fourth-order valence-electron chi connectivity index (χ4n) is 1.81. The molecule has 0 heterocycles. The number of carbonyl (C=O) groups is 1. The van der Waals surface area contributed by atoms with E-state index in [0.717, 1.165) is 11.3 Å². The topological polar surface area (TPSA) is 29.5 Å². The smallest absolute Gasteiger partial charge is 0.242 e. The second-order valence-corrected chi connectivity index (χ2v) is 4.57. The van der Waals surface area contributed by atoms with E-state index in [1.54, 1.807) is 4.90 Å². The number of amides is 1. The highest BCUT2D eigenvalue weighted by atomic mass is 35.5. The molecule has 1 aromatic carbocycles. The number of nitrogens with zero attached hydrogens (tertiary/aromatic N) is 1. The maximum absolute atomic E-state index is 11.8. The lowest BCUT2D eigenvalue weighted by molar-refractivity contribution is -0.116. The Morgan fingerprint density at radius 3 is 2.72 bits per heavy atom. The van der Waals surface area contributed by atoms with Gasteiger partial charge in [-0.15, -0.1) is 11.6 Å². The van der Waals surface area contributed by atoms with Crippen LogP contribution < -0.4 is 4.90 Å². The second-order valence-electron chi connectivity index (χ2n) is 4.30. The number of hydrogen-bond acceptors (Lipinski definition) is 2. The van der Waals surface area contributed by atoms with E-state index in [4.69, 9.17) is 16.3 Å². The summed E-state index contributed by atoms with van der Waals surface area (Å²) in [4.78, 5) is 13.6. The Labute approximate surface area is 114 Å². The number of anilines is 1. The molecule has 0 N–H and O–H groups in total. The van der Waals surface area contributed by atoms with Gasteiger partial charge in [-0.1, -0.05) is 12.1 Å². The molecule has 0 radical (unpaired) electrons.